The normalized spacial score (nSPS) is 10.3. The molecule has 3 nitrogen and oxygen atoms in total. The molecule has 0 radical (unpaired) electrons. The fraction of sp³-hybridized carbons (Fsp3) is 0.222. The van der Waals surface area contributed by atoms with Crippen molar-refractivity contribution in [1.29, 1.82) is 0 Å². The van der Waals surface area contributed by atoms with Crippen molar-refractivity contribution < 1.29 is 0 Å². The van der Waals surface area contributed by atoms with Gasteiger partial charge in [-0.1, -0.05) is 0 Å². The maximum absolute atomic E-state index is 4.35. The minimum Gasteiger partial charge on any atom is -0.242 e. The Hall–Kier alpha value is -1.29. The number of aryl methyl sites for hydroxylation is 2. The molecule has 0 bridgehead atoms. The monoisotopic (exact) mass is 191 g/mol. The number of aromatic nitrogens is 3. The second-order valence-corrected chi connectivity index (χ2v) is 3.64. The van der Waals surface area contributed by atoms with Gasteiger partial charge in [-0.3, -0.25) is 0 Å². The van der Waals surface area contributed by atoms with Crippen LogP contribution in [0.1, 0.15) is 11.5 Å². The fourth-order valence-electron chi connectivity index (χ4n) is 1.05. The van der Waals surface area contributed by atoms with Gasteiger partial charge in [-0.15, -0.1) is 11.3 Å². The number of nitrogens with zero attached hydrogens (tertiary/aromatic N) is 3. The Balaban J connectivity index is 2.46. The van der Waals surface area contributed by atoms with E-state index in [1.807, 2.05) is 25.3 Å². The average Bonchev–Trinajstić information content (AvgIpc) is 2.52. The zero-order chi connectivity index (χ0) is 9.26. The summed E-state index contributed by atoms with van der Waals surface area (Å²) in [7, 11) is 0. The van der Waals surface area contributed by atoms with Crippen LogP contribution in [0.15, 0.2) is 17.6 Å². The van der Waals surface area contributed by atoms with Crippen LogP contribution in [-0.2, 0) is 0 Å². The molecule has 66 valence electrons. The minimum atomic E-state index is 0.783. The molecule has 0 spiro atoms. The summed E-state index contributed by atoms with van der Waals surface area (Å²) in [5.41, 5.74) is 1.95. The lowest BCUT2D eigenvalue weighted by atomic mass is 10.4. The third kappa shape index (κ3) is 1.72. The van der Waals surface area contributed by atoms with Gasteiger partial charge in [0.1, 0.15) is 16.5 Å². The van der Waals surface area contributed by atoms with Gasteiger partial charge < -0.3 is 0 Å². The average molecular weight is 191 g/mol. The highest BCUT2D eigenvalue weighted by atomic mass is 32.1. The van der Waals surface area contributed by atoms with Crippen molar-refractivity contribution in [3.05, 3.63) is 29.2 Å². The summed E-state index contributed by atoms with van der Waals surface area (Å²) in [6, 6.07) is 1.88. The van der Waals surface area contributed by atoms with Gasteiger partial charge in [0, 0.05) is 17.3 Å². The Morgan fingerprint density at radius 1 is 1.23 bits per heavy atom. The van der Waals surface area contributed by atoms with E-state index in [2.05, 4.69) is 15.0 Å². The van der Waals surface area contributed by atoms with Crippen LogP contribution in [0.3, 0.4) is 0 Å². The topological polar surface area (TPSA) is 38.7 Å². The molecule has 2 heterocycles. The molecule has 0 fully saturated rings. The van der Waals surface area contributed by atoms with Crippen molar-refractivity contribution in [3.63, 3.8) is 0 Å². The van der Waals surface area contributed by atoms with Crippen LogP contribution in [0.25, 0.3) is 10.7 Å². The van der Waals surface area contributed by atoms with Gasteiger partial charge in [0.25, 0.3) is 0 Å². The molecule has 0 saturated carbocycles. The van der Waals surface area contributed by atoms with Crippen molar-refractivity contribution >= 4 is 11.3 Å². The van der Waals surface area contributed by atoms with Crippen LogP contribution < -0.4 is 0 Å². The second-order valence-electron chi connectivity index (χ2n) is 2.78. The first-order chi connectivity index (χ1) is 6.25. The molecule has 0 aliphatic heterocycles. The van der Waals surface area contributed by atoms with E-state index in [-0.39, 0.29) is 0 Å². The van der Waals surface area contributed by atoms with Gasteiger partial charge in [-0.05, 0) is 19.9 Å². The summed E-state index contributed by atoms with van der Waals surface area (Å²) < 4.78 is 0. The molecule has 13 heavy (non-hydrogen) atoms. The zero-order valence-corrected chi connectivity index (χ0v) is 8.30. The van der Waals surface area contributed by atoms with E-state index in [1.165, 1.54) is 0 Å². The molecule has 4 heteroatoms. The van der Waals surface area contributed by atoms with Gasteiger partial charge in [-0.2, -0.15) is 0 Å². The second kappa shape index (κ2) is 3.22. The molecule has 0 aromatic carbocycles. The van der Waals surface area contributed by atoms with Gasteiger partial charge in [0.15, 0.2) is 0 Å². The predicted octanol–water partition coefficient (Wildman–Crippen LogP) is 2.22. The van der Waals surface area contributed by atoms with E-state index in [0.717, 1.165) is 22.2 Å². The summed E-state index contributed by atoms with van der Waals surface area (Å²) >= 11 is 1.61. The highest BCUT2D eigenvalue weighted by Crippen LogP contribution is 2.20. The van der Waals surface area contributed by atoms with E-state index in [4.69, 9.17) is 0 Å². The molecule has 2 rings (SSSR count). The minimum absolute atomic E-state index is 0.783. The van der Waals surface area contributed by atoms with Crippen molar-refractivity contribution in [2.45, 2.75) is 13.8 Å². The van der Waals surface area contributed by atoms with Gasteiger partial charge in [0.05, 0.1) is 0 Å². The summed E-state index contributed by atoms with van der Waals surface area (Å²) in [5, 5.41) is 2.98. The Morgan fingerprint density at radius 3 is 2.69 bits per heavy atom. The van der Waals surface area contributed by atoms with E-state index < -0.39 is 0 Å². The van der Waals surface area contributed by atoms with E-state index in [1.54, 1.807) is 17.5 Å². The number of hydrogen-bond donors (Lipinski definition) is 0. The zero-order valence-electron chi connectivity index (χ0n) is 7.48. The molecule has 0 unspecified atom stereocenters. The molecular weight excluding hydrogens is 182 g/mol. The molecule has 2 aromatic heterocycles. The van der Waals surface area contributed by atoms with Gasteiger partial charge >= 0.3 is 0 Å². The quantitative estimate of drug-likeness (QED) is 0.693. The Morgan fingerprint density at radius 2 is 2.08 bits per heavy atom. The molecule has 0 atom stereocenters. The third-order valence-corrected chi connectivity index (χ3v) is 2.60. The molecule has 2 aromatic rings. The van der Waals surface area contributed by atoms with Gasteiger partial charge in [-0.25, -0.2) is 15.0 Å². The van der Waals surface area contributed by atoms with Crippen LogP contribution >= 0.6 is 11.3 Å². The molecule has 0 N–H and O–H groups in total. The Kier molecular flexibility index (Phi) is 2.06. The number of thiazole rings is 1. The first kappa shape index (κ1) is 8.31. The summed E-state index contributed by atoms with van der Waals surface area (Å²) in [6.45, 7) is 3.86. The largest absolute Gasteiger partial charge is 0.242 e. The molecule has 0 aliphatic rings. The number of rotatable bonds is 1. The highest BCUT2D eigenvalue weighted by Gasteiger charge is 2.03. The number of hydrogen-bond acceptors (Lipinski definition) is 4. The van der Waals surface area contributed by atoms with Crippen LogP contribution in [-0.4, -0.2) is 15.0 Å². The first-order valence-corrected chi connectivity index (χ1v) is 4.86. The third-order valence-electron chi connectivity index (χ3n) is 1.61. The van der Waals surface area contributed by atoms with E-state index in [9.17, 15) is 0 Å². The lowest BCUT2D eigenvalue weighted by molar-refractivity contribution is 1.05. The van der Waals surface area contributed by atoms with E-state index in [0.29, 0.717) is 0 Å². The van der Waals surface area contributed by atoms with Crippen molar-refractivity contribution in [2.75, 3.05) is 0 Å². The van der Waals surface area contributed by atoms with Crippen LogP contribution in [0.2, 0.25) is 0 Å². The van der Waals surface area contributed by atoms with Crippen molar-refractivity contribution in [1.82, 2.24) is 15.0 Å². The molecule has 0 amide bonds. The molecule has 0 aliphatic carbocycles. The van der Waals surface area contributed by atoms with Crippen molar-refractivity contribution in [3.8, 4) is 10.7 Å². The van der Waals surface area contributed by atoms with Gasteiger partial charge in [0.2, 0.25) is 0 Å². The smallest absolute Gasteiger partial charge is 0.142 e. The maximum atomic E-state index is 4.35. The summed E-state index contributed by atoms with van der Waals surface area (Å²) in [6.07, 6.45) is 1.76. The van der Waals surface area contributed by atoms with Crippen LogP contribution in [0.4, 0.5) is 0 Å². The fourth-order valence-corrected chi connectivity index (χ4v) is 1.81. The summed E-state index contributed by atoms with van der Waals surface area (Å²) in [4.78, 5) is 12.7. The van der Waals surface area contributed by atoms with Crippen molar-refractivity contribution in [2.24, 2.45) is 0 Å². The van der Waals surface area contributed by atoms with E-state index >= 15 is 0 Å². The highest BCUT2D eigenvalue weighted by molar-refractivity contribution is 7.13. The SMILES string of the molecule is Cc1csc(-c2ccnc(C)n2)n1. The lowest BCUT2D eigenvalue weighted by Gasteiger charge is -1.95. The lowest BCUT2D eigenvalue weighted by Crippen LogP contribution is -1.88. The Bertz CT molecular complexity index is 422. The van der Waals surface area contributed by atoms with Crippen LogP contribution in [0, 0.1) is 13.8 Å². The predicted molar refractivity (Wildman–Crippen MR) is 52.6 cm³/mol. The molecular formula is C9H9N3S. The maximum Gasteiger partial charge on any atom is 0.142 e. The van der Waals surface area contributed by atoms with Crippen LogP contribution in [0.5, 0.6) is 0 Å². The standard InChI is InChI=1S/C9H9N3S/c1-6-5-13-9(11-6)8-3-4-10-7(2)12-8/h3-5H,1-2H3. The first-order valence-electron chi connectivity index (χ1n) is 3.98. The Labute approximate surface area is 80.5 Å². The summed E-state index contributed by atoms with van der Waals surface area (Å²) in [5.74, 6) is 0.783. The molecule has 0 saturated heterocycles.